The number of nitrogens with zero attached hydrogens (tertiary/aromatic N) is 1. The standard InChI is InChI=1S/C20H22N6O2/c1-2-20(13-21,14-22)26-18(27)17-12-16(9-11-23-17)25-19(28)24-10-8-15-6-4-3-5-7-15/h2-7,9,11-14,21-22H,1,8,10H2,(H,26,27)(H2,23,24,25,28). The van der Waals surface area contributed by atoms with Gasteiger partial charge >= 0.3 is 6.03 Å². The Bertz CT molecular complexity index is 844. The molecule has 0 aliphatic heterocycles. The van der Waals surface area contributed by atoms with Crippen LogP contribution < -0.4 is 16.0 Å². The zero-order chi connectivity index (χ0) is 20.4. The molecule has 2 aromatic rings. The normalized spacial score (nSPS) is 12.1. The maximum atomic E-state index is 12.3. The second kappa shape index (κ2) is 9.77. The van der Waals surface area contributed by atoms with Crippen LogP contribution in [-0.4, -0.2) is 41.4 Å². The molecular formula is C20H22N6O2. The van der Waals surface area contributed by atoms with Crippen LogP contribution in [0.1, 0.15) is 16.1 Å². The molecule has 0 aliphatic rings. The summed E-state index contributed by atoms with van der Waals surface area (Å²) in [7, 11) is 0. The molecule has 0 atom stereocenters. The van der Waals surface area contributed by atoms with Crippen molar-refractivity contribution in [3.05, 3.63) is 72.6 Å². The van der Waals surface area contributed by atoms with Gasteiger partial charge in [0, 0.05) is 30.9 Å². The number of pyridine rings is 1. The fourth-order valence-electron chi connectivity index (χ4n) is 2.32. The maximum Gasteiger partial charge on any atom is 0.319 e. The van der Waals surface area contributed by atoms with Gasteiger partial charge in [-0.2, -0.15) is 0 Å². The van der Waals surface area contributed by atoms with Gasteiger partial charge in [0.1, 0.15) is 11.2 Å². The summed E-state index contributed by atoms with van der Waals surface area (Å²) in [5, 5.41) is 22.6. The van der Waals surface area contributed by atoms with Gasteiger partial charge in [0.25, 0.3) is 5.91 Å². The smallest absolute Gasteiger partial charge is 0.319 e. The Balaban J connectivity index is 1.93. The summed E-state index contributed by atoms with van der Waals surface area (Å²) in [6, 6.07) is 12.4. The molecule has 0 radical (unpaired) electrons. The number of hydrogen-bond donors (Lipinski definition) is 5. The van der Waals surface area contributed by atoms with E-state index in [1.807, 2.05) is 30.3 Å². The van der Waals surface area contributed by atoms with Gasteiger partial charge in [0.2, 0.25) is 0 Å². The summed E-state index contributed by atoms with van der Waals surface area (Å²) in [6.45, 7) is 3.99. The minimum atomic E-state index is -1.38. The lowest BCUT2D eigenvalue weighted by molar-refractivity contribution is 0.0941. The van der Waals surface area contributed by atoms with Gasteiger partial charge in [-0.1, -0.05) is 43.0 Å². The van der Waals surface area contributed by atoms with E-state index < -0.39 is 17.5 Å². The van der Waals surface area contributed by atoms with Crippen molar-refractivity contribution < 1.29 is 9.59 Å². The van der Waals surface area contributed by atoms with E-state index in [1.54, 1.807) is 6.07 Å². The molecule has 1 heterocycles. The molecule has 3 amide bonds. The number of carbonyl (C=O) groups excluding carboxylic acids is 2. The Morgan fingerprint density at radius 3 is 2.50 bits per heavy atom. The van der Waals surface area contributed by atoms with Crippen LogP contribution in [0.2, 0.25) is 0 Å². The lowest BCUT2D eigenvalue weighted by Gasteiger charge is -2.21. The Hall–Kier alpha value is -3.81. The van der Waals surface area contributed by atoms with Crippen molar-refractivity contribution in [2.24, 2.45) is 0 Å². The first-order valence-electron chi connectivity index (χ1n) is 8.56. The highest BCUT2D eigenvalue weighted by molar-refractivity contribution is 6.04. The highest BCUT2D eigenvalue weighted by atomic mass is 16.2. The molecule has 0 saturated carbocycles. The minimum absolute atomic E-state index is 0.0389. The zero-order valence-corrected chi connectivity index (χ0v) is 15.2. The summed E-state index contributed by atoms with van der Waals surface area (Å²) < 4.78 is 0. The molecule has 8 nitrogen and oxygen atoms in total. The molecule has 5 N–H and O–H groups in total. The van der Waals surface area contributed by atoms with Crippen LogP contribution in [-0.2, 0) is 6.42 Å². The Labute approximate surface area is 163 Å². The first kappa shape index (κ1) is 20.5. The number of hydrogen-bond acceptors (Lipinski definition) is 5. The molecule has 2 rings (SSSR count). The van der Waals surface area contributed by atoms with Crippen LogP contribution in [0.25, 0.3) is 0 Å². The molecule has 0 spiro atoms. The van der Waals surface area contributed by atoms with E-state index in [9.17, 15) is 9.59 Å². The maximum absolute atomic E-state index is 12.3. The van der Waals surface area contributed by atoms with Crippen molar-refractivity contribution in [1.29, 1.82) is 10.8 Å². The van der Waals surface area contributed by atoms with Gasteiger partial charge in [0.15, 0.2) is 0 Å². The Morgan fingerprint density at radius 2 is 1.86 bits per heavy atom. The van der Waals surface area contributed by atoms with Crippen molar-refractivity contribution >= 4 is 30.1 Å². The van der Waals surface area contributed by atoms with Crippen molar-refractivity contribution in [3.63, 3.8) is 0 Å². The van der Waals surface area contributed by atoms with Crippen LogP contribution in [0.3, 0.4) is 0 Å². The quantitative estimate of drug-likeness (QED) is 0.339. The lowest BCUT2D eigenvalue weighted by Crippen LogP contribution is -2.49. The average molecular weight is 378 g/mol. The number of amides is 3. The van der Waals surface area contributed by atoms with E-state index in [0.29, 0.717) is 18.7 Å². The van der Waals surface area contributed by atoms with Crippen LogP contribution in [0.5, 0.6) is 0 Å². The largest absolute Gasteiger partial charge is 0.338 e. The fraction of sp³-hybridized carbons (Fsp3) is 0.150. The minimum Gasteiger partial charge on any atom is -0.338 e. The number of nitrogens with one attached hydrogen (secondary N) is 5. The number of anilines is 1. The van der Waals surface area contributed by atoms with E-state index in [0.717, 1.165) is 18.0 Å². The molecule has 1 aromatic carbocycles. The van der Waals surface area contributed by atoms with Crippen molar-refractivity contribution in [1.82, 2.24) is 15.6 Å². The lowest BCUT2D eigenvalue weighted by atomic mass is 10.0. The number of carbonyl (C=O) groups is 2. The van der Waals surface area contributed by atoms with E-state index in [2.05, 4.69) is 27.5 Å². The molecule has 0 saturated heterocycles. The number of rotatable bonds is 9. The van der Waals surface area contributed by atoms with Crippen molar-refractivity contribution in [2.75, 3.05) is 11.9 Å². The summed E-state index contributed by atoms with van der Waals surface area (Å²) in [4.78, 5) is 28.4. The second-order valence-corrected chi connectivity index (χ2v) is 5.93. The van der Waals surface area contributed by atoms with Gasteiger partial charge in [-0.05, 0) is 24.1 Å². The topological polar surface area (TPSA) is 131 Å². The molecular weight excluding hydrogens is 356 g/mol. The predicted octanol–water partition coefficient (Wildman–Crippen LogP) is 2.40. The number of aromatic nitrogens is 1. The molecule has 0 bridgehead atoms. The molecule has 8 heteroatoms. The predicted molar refractivity (Wildman–Crippen MR) is 109 cm³/mol. The van der Waals surface area contributed by atoms with E-state index in [1.165, 1.54) is 18.3 Å². The fourth-order valence-corrected chi connectivity index (χ4v) is 2.32. The van der Waals surface area contributed by atoms with E-state index in [4.69, 9.17) is 10.8 Å². The summed E-state index contributed by atoms with van der Waals surface area (Å²) in [5.41, 5.74) is 0.175. The van der Waals surface area contributed by atoms with Crippen molar-refractivity contribution in [3.8, 4) is 0 Å². The molecule has 0 fully saturated rings. The summed E-state index contributed by atoms with van der Waals surface area (Å²) in [6.07, 6.45) is 5.15. The van der Waals surface area contributed by atoms with Gasteiger partial charge in [-0.25, -0.2) is 4.79 Å². The van der Waals surface area contributed by atoms with Gasteiger partial charge in [0.05, 0.1) is 0 Å². The number of benzene rings is 1. The molecule has 0 unspecified atom stereocenters. The first-order valence-corrected chi connectivity index (χ1v) is 8.56. The molecule has 0 aliphatic carbocycles. The van der Waals surface area contributed by atoms with Gasteiger partial charge in [-0.3, -0.25) is 9.78 Å². The molecule has 28 heavy (non-hydrogen) atoms. The van der Waals surface area contributed by atoms with Crippen LogP contribution in [0.15, 0.2) is 61.3 Å². The second-order valence-electron chi connectivity index (χ2n) is 5.93. The van der Waals surface area contributed by atoms with E-state index >= 15 is 0 Å². The van der Waals surface area contributed by atoms with Gasteiger partial charge < -0.3 is 26.8 Å². The summed E-state index contributed by atoms with van der Waals surface area (Å²) in [5.74, 6) is -0.597. The third-order valence-electron chi connectivity index (χ3n) is 3.94. The third kappa shape index (κ3) is 5.60. The van der Waals surface area contributed by atoms with Crippen LogP contribution in [0, 0.1) is 10.8 Å². The molecule has 1 aromatic heterocycles. The number of urea groups is 1. The first-order chi connectivity index (χ1) is 13.5. The highest BCUT2D eigenvalue weighted by Crippen LogP contribution is 2.09. The van der Waals surface area contributed by atoms with Crippen molar-refractivity contribution in [2.45, 2.75) is 12.0 Å². The SMILES string of the molecule is C=CC(C=N)(C=N)NC(=O)c1cc(NC(=O)NCCc2ccccc2)ccn1. The third-order valence-corrected chi connectivity index (χ3v) is 3.94. The molecule has 144 valence electrons. The Morgan fingerprint density at radius 1 is 1.14 bits per heavy atom. The monoisotopic (exact) mass is 378 g/mol. The van der Waals surface area contributed by atoms with Crippen LogP contribution >= 0.6 is 0 Å². The van der Waals surface area contributed by atoms with Gasteiger partial charge in [-0.15, -0.1) is 0 Å². The Kier molecular flexibility index (Phi) is 7.15. The summed E-state index contributed by atoms with van der Waals surface area (Å²) >= 11 is 0. The van der Waals surface area contributed by atoms with Crippen LogP contribution in [0.4, 0.5) is 10.5 Å². The zero-order valence-electron chi connectivity index (χ0n) is 15.2. The average Bonchev–Trinajstić information content (AvgIpc) is 2.73. The highest BCUT2D eigenvalue weighted by Gasteiger charge is 2.24. The van der Waals surface area contributed by atoms with E-state index in [-0.39, 0.29) is 5.69 Å².